The van der Waals surface area contributed by atoms with Gasteiger partial charge in [0.25, 0.3) is 12.3 Å². The van der Waals surface area contributed by atoms with Crippen molar-refractivity contribution in [2.24, 2.45) is 5.92 Å². The van der Waals surface area contributed by atoms with E-state index in [1.165, 1.54) is 10.7 Å². The molecule has 3 aromatic rings. The Hall–Kier alpha value is -3.08. The van der Waals surface area contributed by atoms with E-state index in [2.05, 4.69) is 39.2 Å². The van der Waals surface area contributed by atoms with Crippen molar-refractivity contribution in [2.75, 3.05) is 16.8 Å². The summed E-state index contributed by atoms with van der Waals surface area (Å²) in [7, 11) is 0. The van der Waals surface area contributed by atoms with Gasteiger partial charge in [0.15, 0.2) is 11.3 Å². The predicted molar refractivity (Wildman–Crippen MR) is 125 cm³/mol. The molecule has 3 atom stereocenters. The summed E-state index contributed by atoms with van der Waals surface area (Å²) in [5.74, 6) is 0.881. The summed E-state index contributed by atoms with van der Waals surface area (Å²) >= 11 is 0. The van der Waals surface area contributed by atoms with Gasteiger partial charge in [0, 0.05) is 18.9 Å². The fourth-order valence-electron chi connectivity index (χ4n) is 5.60. The van der Waals surface area contributed by atoms with E-state index < -0.39 is 18.0 Å². The summed E-state index contributed by atoms with van der Waals surface area (Å²) in [5.41, 5.74) is 0.212. The Labute approximate surface area is 201 Å². The number of amides is 1. The molecule has 0 spiro atoms. The van der Waals surface area contributed by atoms with Crippen molar-refractivity contribution in [1.29, 1.82) is 0 Å². The number of ether oxygens (including phenoxy) is 1. The van der Waals surface area contributed by atoms with Crippen LogP contribution in [0.25, 0.3) is 5.65 Å². The van der Waals surface area contributed by atoms with Gasteiger partial charge in [-0.15, -0.1) is 0 Å². The number of fused-ring (bicyclic) bond motifs is 2. The molecule has 1 unspecified atom stereocenters. The third kappa shape index (κ3) is 3.95. The van der Waals surface area contributed by atoms with Crippen molar-refractivity contribution >= 4 is 23.1 Å². The maximum atomic E-state index is 13.8. The normalized spacial score (nSPS) is 28.0. The van der Waals surface area contributed by atoms with Crippen molar-refractivity contribution in [2.45, 2.75) is 76.7 Å². The van der Waals surface area contributed by atoms with Gasteiger partial charge < -0.3 is 15.0 Å². The predicted octanol–water partition coefficient (Wildman–Crippen LogP) is 4.23. The number of alkyl halides is 2. The smallest absolute Gasteiger partial charge is 0.284 e. The number of nitrogens with one attached hydrogen (secondary N) is 1. The minimum absolute atomic E-state index is 0.0310. The second kappa shape index (κ2) is 8.54. The Balaban J connectivity index is 1.24. The monoisotopic (exact) mass is 485 g/mol. The lowest BCUT2D eigenvalue weighted by atomic mass is 9.85. The van der Waals surface area contributed by atoms with Crippen LogP contribution in [0.3, 0.4) is 0 Å². The first kappa shape index (κ1) is 22.4. The van der Waals surface area contributed by atoms with E-state index in [9.17, 15) is 13.6 Å². The van der Waals surface area contributed by atoms with Gasteiger partial charge in [-0.3, -0.25) is 9.48 Å². The molecule has 9 nitrogen and oxygen atoms in total. The molecule has 1 N–H and O–H groups in total. The molecule has 3 aromatic heterocycles. The topological polar surface area (TPSA) is 92.9 Å². The van der Waals surface area contributed by atoms with Gasteiger partial charge >= 0.3 is 0 Å². The lowest BCUT2D eigenvalue weighted by Crippen LogP contribution is -2.33. The van der Waals surface area contributed by atoms with Crippen LogP contribution in [-0.2, 0) is 4.74 Å². The SMILES string of the molecule is CCC1CCC(n2cc(NC(=O)c3cnn4ccc(N5C[C@H]6OC6[C@@H]5C)nc34)c(C(F)F)n2)CC1. The molecule has 1 saturated carbocycles. The van der Waals surface area contributed by atoms with E-state index in [-0.39, 0.29) is 35.5 Å². The van der Waals surface area contributed by atoms with Gasteiger partial charge in [-0.25, -0.2) is 18.3 Å². The number of epoxide rings is 1. The fraction of sp³-hybridized carbons (Fsp3) is 0.583. The van der Waals surface area contributed by atoms with Gasteiger partial charge in [0.05, 0.1) is 24.0 Å². The Kier molecular flexibility index (Phi) is 5.46. The molecule has 11 heteroatoms. The first-order valence-corrected chi connectivity index (χ1v) is 12.4. The minimum atomic E-state index is -2.79. The lowest BCUT2D eigenvalue weighted by molar-refractivity contribution is 0.102. The van der Waals surface area contributed by atoms with Gasteiger partial charge in [0.2, 0.25) is 0 Å². The highest BCUT2D eigenvalue weighted by atomic mass is 19.3. The van der Waals surface area contributed by atoms with Crippen LogP contribution in [0.1, 0.15) is 74.5 Å². The quantitative estimate of drug-likeness (QED) is 0.525. The molecule has 1 aliphatic carbocycles. The Morgan fingerprint density at radius 2 is 2.09 bits per heavy atom. The van der Waals surface area contributed by atoms with Crippen molar-refractivity contribution in [1.82, 2.24) is 24.4 Å². The van der Waals surface area contributed by atoms with Crippen LogP contribution in [0.2, 0.25) is 0 Å². The number of carbonyl (C=O) groups is 1. The molecule has 2 aliphatic heterocycles. The standard InChI is InChI=1S/C24H29F2N7O2/c1-3-14-4-6-15(7-5-14)33-11-17(20(30-33)22(25)26)28-24(34)16-10-27-32-9-8-19(29-23(16)32)31-12-18-21(35-18)13(31)2/h8-11,13-15,18,21-22H,3-7,12H2,1-2H3,(H,28,34)/t13-,14?,15?,18+,21?/m0/s1. The molecule has 1 amide bonds. The molecule has 0 aromatic carbocycles. The van der Waals surface area contributed by atoms with Crippen LogP contribution in [0.15, 0.2) is 24.7 Å². The summed E-state index contributed by atoms with van der Waals surface area (Å²) in [4.78, 5) is 20.0. The molecular weight excluding hydrogens is 456 g/mol. The highest BCUT2D eigenvalue weighted by molar-refractivity contribution is 6.08. The molecule has 35 heavy (non-hydrogen) atoms. The molecule has 0 radical (unpaired) electrons. The van der Waals surface area contributed by atoms with Crippen LogP contribution in [-0.4, -0.2) is 55.1 Å². The third-order valence-electron chi connectivity index (χ3n) is 7.84. The summed E-state index contributed by atoms with van der Waals surface area (Å²) in [6, 6.07) is 2.12. The zero-order valence-electron chi connectivity index (χ0n) is 19.8. The van der Waals surface area contributed by atoms with Crippen molar-refractivity contribution in [3.63, 3.8) is 0 Å². The first-order valence-electron chi connectivity index (χ1n) is 12.4. The zero-order chi connectivity index (χ0) is 24.3. The van der Waals surface area contributed by atoms with Crippen LogP contribution >= 0.6 is 0 Å². The molecule has 5 heterocycles. The highest BCUT2D eigenvalue weighted by Crippen LogP contribution is 2.39. The zero-order valence-corrected chi connectivity index (χ0v) is 19.8. The number of halogens is 2. The Morgan fingerprint density at radius 3 is 2.77 bits per heavy atom. The number of morpholine rings is 1. The number of hydrogen-bond acceptors (Lipinski definition) is 6. The maximum Gasteiger partial charge on any atom is 0.284 e. The number of nitrogens with zero attached hydrogens (tertiary/aromatic N) is 6. The molecule has 3 aliphatic rings. The number of aromatic nitrogens is 5. The molecule has 2 saturated heterocycles. The summed E-state index contributed by atoms with van der Waals surface area (Å²) in [6.45, 7) is 5.02. The number of rotatable bonds is 6. The van der Waals surface area contributed by atoms with Gasteiger partial charge in [0.1, 0.15) is 23.6 Å². The van der Waals surface area contributed by atoms with Crippen LogP contribution < -0.4 is 10.2 Å². The number of carbonyl (C=O) groups excluding carboxylic acids is 1. The molecule has 0 bridgehead atoms. The van der Waals surface area contributed by atoms with Crippen molar-refractivity contribution in [3.05, 3.63) is 35.9 Å². The van der Waals surface area contributed by atoms with Crippen molar-refractivity contribution < 1.29 is 18.3 Å². The van der Waals surface area contributed by atoms with Crippen LogP contribution in [0, 0.1) is 5.92 Å². The van der Waals surface area contributed by atoms with E-state index in [0.29, 0.717) is 11.6 Å². The van der Waals surface area contributed by atoms with Gasteiger partial charge in [-0.1, -0.05) is 13.3 Å². The average Bonchev–Trinajstić information content (AvgIpc) is 3.16. The van der Waals surface area contributed by atoms with E-state index in [4.69, 9.17) is 4.74 Å². The summed E-state index contributed by atoms with van der Waals surface area (Å²) < 4.78 is 36.3. The molecule has 3 fully saturated rings. The third-order valence-corrected chi connectivity index (χ3v) is 7.84. The second-order valence-electron chi connectivity index (χ2n) is 9.89. The largest absolute Gasteiger partial charge is 0.365 e. The number of hydrogen-bond donors (Lipinski definition) is 1. The molecule has 6 rings (SSSR count). The van der Waals surface area contributed by atoms with Gasteiger partial charge in [-0.2, -0.15) is 10.2 Å². The highest BCUT2D eigenvalue weighted by Gasteiger charge is 2.53. The second-order valence-corrected chi connectivity index (χ2v) is 9.89. The summed E-state index contributed by atoms with van der Waals surface area (Å²) in [6.07, 6.45) is 7.43. The summed E-state index contributed by atoms with van der Waals surface area (Å²) in [5, 5.41) is 11.0. The van der Waals surface area contributed by atoms with Gasteiger partial charge in [-0.05, 0) is 44.6 Å². The van der Waals surface area contributed by atoms with Crippen LogP contribution in [0.4, 0.5) is 20.3 Å². The Morgan fingerprint density at radius 1 is 1.29 bits per heavy atom. The lowest BCUT2D eigenvalue weighted by Gasteiger charge is -2.27. The van der Waals surface area contributed by atoms with E-state index in [1.54, 1.807) is 17.1 Å². The van der Waals surface area contributed by atoms with Crippen LogP contribution in [0.5, 0.6) is 0 Å². The first-order chi connectivity index (χ1) is 16.9. The maximum absolute atomic E-state index is 13.8. The van der Waals surface area contributed by atoms with Crippen molar-refractivity contribution in [3.8, 4) is 0 Å². The average molecular weight is 486 g/mol. The van der Waals surface area contributed by atoms with E-state index in [0.717, 1.165) is 44.5 Å². The molecule has 186 valence electrons. The minimum Gasteiger partial charge on any atom is -0.365 e. The van der Waals surface area contributed by atoms with E-state index >= 15 is 0 Å². The fourth-order valence-corrected chi connectivity index (χ4v) is 5.60. The Bertz CT molecular complexity index is 1250. The van der Waals surface area contributed by atoms with E-state index in [1.807, 2.05) is 6.07 Å². The molecular formula is C24H29F2N7O2. The number of anilines is 2.